The summed E-state index contributed by atoms with van der Waals surface area (Å²) in [6, 6.07) is 0. The number of cyclic esters (lactones) is 1. The summed E-state index contributed by atoms with van der Waals surface area (Å²) >= 11 is 0. The summed E-state index contributed by atoms with van der Waals surface area (Å²) in [7, 11) is 0. The van der Waals surface area contributed by atoms with E-state index < -0.39 is 0 Å². The van der Waals surface area contributed by atoms with Gasteiger partial charge in [-0.15, -0.1) is 0 Å². The van der Waals surface area contributed by atoms with Crippen molar-refractivity contribution in [2.24, 2.45) is 5.92 Å². The highest BCUT2D eigenvalue weighted by Crippen LogP contribution is 2.33. The fourth-order valence-corrected chi connectivity index (χ4v) is 1.94. The molecule has 0 aromatic rings. The molecule has 0 radical (unpaired) electrons. The third-order valence-electron chi connectivity index (χ3n) is 2.53. The van der Waals surface area contributed by atoms with Crippen molar-refractivity contribution in [1.82, 2.24) is 0 Å². The van der Waals surface area contributed by atoms with Crippen molar-refractivity contribution in [2.75, 3.05) is 0 Å². The van der Waals surface area contributed by atoms with Crippen LogP contribution in [0, 0.1) is 5.92 Å². The summed E-state index contributed by atoms with van der Waals surface area (Å²) in [5.74, 6) is -0.125. The first kappa shape index (κ1) is 8.35. The molecule has 1 N–H and O–H groups in total. The van der Waals surface area contributed by atoms with E-state index in [1.807, 2.05) is 13.0 Å². The van der Waals surface area contributed by atoms with E-state index >= 15 is 0 Å². The molecule has 3 heteroatoms. The molecule has 2 aliphatic rings. The minimum atomic E-state index is -0.356. The second-order valence-electron chi connectivity index (χ2n) is 3.59. The molecule has 0 spiro atoms. The van der Waals surface area contributed by atoms with Crippen molar-refractivity contribution >= 4 is 5.97 Å². The fraction of sp³-hybridized carbons (Fsp3) is 0.500. The Morgan fingerprint density at radius 2 is 2.38 bits per heavy atom. The molecule has 0 bridgehead atoms. The largest absolute Gasteiger partial charge is 0.507 e. The zero-order chi connectivity index (χ0) is 9.42. The molecule has 0 aromatic carbocycles. The van der Waals surface area contributed by atoms with Crippen LogP contribution < -0.4 is 0 Å². The number of aliphatic hydroxyl groups is 1. The number of ether oxygens (including phenoxy) is 1. The van der Waals surface area contributed by atoms with E-state index in [1.165, 1.54) is 0 Å². The quantitative estimate of drug-likeness (QED) is 0.577. The highest BCUT2D eigenvalue weighted by Gasteiger charge is 2.34. The first-order valence-electron chi connectivity index (χ1n) is 4.49. The van der Waals surface area contributed by atoms with Crippen LogP contribution in [0.1, 0.15) is 19.8 Å². The van der Waals surface area contributed by atoms with Crippen LogP contribution >= 0.6 is 0 Å². The Morgan fingerprint density at radius 1 is 1.62 bits per heavy atom. The van der Waals surface area contributed by atoms with Crippen molar-refractivity contribution in [3.8, 4) is 0 Å². The monoisotopic (exact) mass is 180 g/mol. The van der Waals surface area contributed by atoms with E-state index in [0.29, 0.717) is 5.57 Å². The Balaban J connectivity index is 2.34. The lowest BCUT2D eigenvalue weighted by atomic mass is 9.84. The van der Waals surface area contributed by atoms with Gasteiger partial charge < -0.3 is 9.84 Å². The van der Waals surface area contributed by atoms with E-state index in [2.05, 4.69) is 0 Å². The third-order valence-corrected chi connectivity index (χ3v) is 2.53. The number of rotatable bonds is 0. The van der Waals surface area contributed by atoms with Gasteiger partial charge in [-0.05, 0) is 25.8 Å². The van der Waals surface area contributed by atoms with Crippen molar-refractivity contribution in [3.05, 3.63) is 23.5 Å². The molecule has 0 unspecified atom stereocenters. The topological polar surface area (TPSA) is 46.5 Å². The van der Waals surface area contributed by atoms with Crippen LogP contribution in [0.2, 0.25) is 0 Å². The predicted molar refractivity (Wildman–Crippen MR) is 47.1 cm³/mol. The summed E-state index contributed by atoms with van der Waals surface area (Å²) in [4.78, 5) is 11.4. The summed E-state index contributed by atoms with van der Waals surface area (Å²) in [6.07, 6.45) is 5.09. The molecular formula is C10H12O3. The molecule has 0 saturated carbocycles. The molecule has 13 heavy (non-hydrogen) atoms. The van der Waals surface area contributed by atoms with Gasteiger partial charge in [0.15, 0.2) is 0 Å². The number of fused-ring (bicyclic) bond motifs is 1. The number of hydrogen-bond acceptors (Lipinski definition) is 3. The summed E-state index contributed by atoms with van der Waals surface area (Å²) in [5.41, 5.74) is 0.459. The van der Waals surface area contributed by atoms with Crippen molar-refractivity contribution in [1.29, 1.82) is 0 Å². The third kappa shape index (κ3) is 1.34. The second-order valence-corrected chi connectivity index (χ2v) is 3.59. The highest BCUT2D eigenvalue weighted by molar-refractivity contribution is 5.91. The molecule has 3 nitrogen and oxygen atoms in total. The van der Waals surface area contributed by atoms with Crippen molar-refractivity contribution < 1.29 is 14.6 Å². The van der Waals surface area contributed by atoms with Gasteiger partial charge in [0.25, 0.3) is 0 Å². The molecule has 2 rings (SSSR count). The van der Waals surface area contributed by atoms with Gasteiger partial charge in [0, 0.05) is 5.92 Å². The Hall–Kier alpha value is -1.25. The standard InChI is InChI=1S/C10H12O3/c1-6-5-7-3-2-4-8(11)9(7)10(12)13-6/h2,4,6-7,11H,3,5H2,1H3/t6-,7+/m1/s1. The maximum Gasteiger partial charge on any atom is 0.338 e. The highest BCUT2D eigenvalue weighted by atomic mass is 16.5. The zero-order valence-electron chi connectivity index (χ0n) is 7.49. The van der Waals surface area contributed by atoms with E-state index in [-0.39, 0.29) is 23.8 Å². The Bertz CT molecular complexity index is 301. The molecule has 1 saturated heterocycles. The molecule has 0 amide bonds. The molecule has 1 aliphatic heterocycles. The average molecular weight is 180 g/mol. The van der Waals surface area contributed by atoms with Gasteiger partial charge in [-0.2, -0.15) is 0 Å². The van der Waals surface area contributed by atoms with E-state index in [1.54, 1.807) is 6.08 Å². The molecule has 1 heterocycles. The molecule has 1 fully saturated rings. The smallest absolute Gasteiger partial charge is 0.338 e. The van der Waals surface area contributed by atoms with E-state index in [0.717, 1.165) is 12.8 Å². The fourth-order valence-electron chi connectivity index (χ4n) is 1.94. The SMILES string of the molecule is C[C@@H]1C[C@@H]2CC=CC(O)=C2C(=O)O1. The Kier molecular flexibility index (Phi) is 1.87. The van der Waals surface area contributed by atoms with Crippen LogP contribution in [0.25, 0.3) is 0 Å². The minimum absolute atomic E-state index is 0.0273. The van der Waals surface area contributed by atoms with Gasteiger partial charge in [0.1, 0.15) is 5.76 Å². The van der Waals surface area contributed by atoms with Gasteiger partial charge in [-0.3, -0.25) is 0 Å². The normalized spacial score (nSPS) is 32.8. The second kappa shape index (κ2) is 2.91. The van der Waals surface area contributed by atoms with Crippen LogP contribution in [0.5, 0.6) is 0 Å². The first-order valence-corrected chi connectivity index (χ1v) is 4.49. The van der Waals surface area contributed by atoms with Crippen molar-refractivity contribution in [3.63, 3.8) is 0 Å². The molecule has 1 aliphatic carbocycles. The number of hydrogen-bond donors (Lipinski definition) is 1. The minimum Gasteiger partial charge on any atom is -0.507 e. The molecule has 0 aromatic heterocycles. The average Bonchev–Trinajstić information content (AvgIpc) is 2.02. The van der Waals surface area contributed by atoms with Crippen LogP contribution in [0.15, 0.2) is 23.5 Å². The predicted octanol–water partition coefficient (Wildman–Crippen LogP) is 1.71. The number of aliphatic hydroxyl groups excluding tert-OH is 1. The number of carbonyl (C=O) groups excluding carboxylic acids is 1. The van der Waals surface area contributed by atoms with Gasteiger partial charge >= 0.3 is 5.97 Å². The van der Waals surface area contributed by atoms with Crippen LogP contribution in [-0.4, -0.2) is 17.2 Å². The van der Waals surface area contributed by atoms with Gasteiger partial charge in [0.05, 0.1) is 11.7 Å². The Labute approximate surface area is 76.7 Å². The van der Waals surface area contributed by atoms with Crippen LogP contribution in [0.4, 0.5) is 0 Å². The molecular weight excluding hydrogens is 168 g/mol. The lowest BCUT2D eigenvalue weighted by molar-refractivity contribution is -0.148. The number of esters is 1. The summed E-state index contributed by atoms with van der Waals surface area (Å²) in [5, 5.41) is 9.45. The van der Waals surface area contributed by atoms with Crippen LogP contribution in [0.3, 0.4) is 0 Å². The number of carbonyl (C=O) groups is 1. The summed E-state index contributed by atoms with van der Waals surface area (Å²) < 4.78 is 5.04. The molecule has 70 valence electrons. The van der Waals surface area contributed by atoms with Crippen molar-refractivity contribution in [2.45, 2.75) is 25.9 Å². The first-order chi connectivity index (χ1) is 6.18. The lowest BCUT2D eigenvalue weighted by Gasteiger charge is -2.30. The lowest BCUT2D eigenvalue weighted by Crippen LogP contribution is -2.31. The number of allylic oxidation sites excluding steroid dienone is 2. The van der Waals surface area contributed by atoms with Gasteiger partial charge in [-0.1, -0.05) is 6.08 Å². The van der Waals surface area contributed by atoms with Crippen LogP contribution in [-0.2, 0) is 9.53 Å². The summed E-state index contributed by atoms with van der Waals surface area (Å²) in [6.45, 7) is 1.88. The molecule has 2 atom stereocenters. The zero-order valence-corrected chi connectivity index (χ0v) is 7.49. The maximum atomic E-state index is 11.4. The Morgan fingerprint density at radius 3 is 3.15 bits per heavy atom. The van der Waals surface area contributed by atoms with Gasteiger partial charge in [-0.25, -0.2) is 4.79 Å². The maximum absolute atomic E-state index is 11.4. The van der Waals surface area contributed by atoms with Gasteiger partial charge in [0.2, 0.25) is 0 Å². The van der Waals surface area contributed by atoms with E-state index in [4.69, 9.17) is 4.74 Å². The van der Waals surface area contributed by atoms with E-state index in [9.17, 15) is 9.90 Å².